The number of Topliss-reactive ketones (excluding diaryl/α,β-unsaturated/α-hetero) is 1. The van der Waals surface area contributed by atoms with Gasteiger partial charge in [-0.1, -0.05) is 12.1 Å². The van der Waals surface area contributed by atoms with Crippen LogP contribution in [0.1, 0.15) is 23.2 Å². The quantitative estimate of drug-likeness (QED) is 0.704. The average Bonchev–Trinajstić information content (AvgIpc) is 3.09. The molecular weight excluding hydrogens is 190 g/mol. The van der Waals surface area contributed by atoms with Crippen molar-refractivity contribution in [3.63, 3.8) is 0 Å². The van der Waals surface area contributed by atoms with Crippen molar-refractivity contribution in [2.24, 2.45) is 5.41 Å². The number of hydrogen-bond acceptors (Lipinski definition) is 3. The fourth-order valence-corrected chi connectivity index (χ4v) is 1.60. The van der Waals surface area contributed by atoms with E-state index in [0.717, 1.165) is 0 Å². The number of benzene rings is 1. The molecule has 0 spiro atoms. The molecule has 1 saturated carbocycles. The van der Waals surface area contributed by atoms with Gasteiger partial charge in [-0.15, -0.1) is 0 Å². The Bertz CT molecular complexity index is 441. The number of ether oxygens (including phenoxy) is 1. The first-order chi connectivity index (χ1) is 7.23. The Kier molecular flexibility index (Phi) is 2.20. The second kappa shape index (κ2) is 3.39. The van der Waals surface area contributed by atoms with Gasteiger partial charge in [-0.05, 0) is 25.0 Å². The zero-order valence-corrected chi connectivity index (χ0v) is 8.49. The Morgan fingerprint density at radius 1 is 1.47 bits per heavy atom. The molecule has 0 bridgehead atoms. The molecule has 1 aliphatic carbocycles. The van der Waals surface area contributed by atoms with Crippen LogP contribution in [0, 0.1) is 16.7 Å². The first kappa shape index (κ1) is 9.72. The van der Waals surface area contributed by atoms with E-state index in [0.29, 0.717) is 24.2 Å². The van der Waals surface area contributed by atoms with E-state index in [4.69, 9.17) is 10.00 Å². The molecule has 0 saturated heterocycles. The molecule has 76 valence electrons. The topological polar surface area (TPSA) is 50.1 Å². The molecule has 1 aromatic carbocycles. The molecule has 3 nitrogen and oxygen atoms in total. The lowest BCUT2D eigenvalue weighted by atomic mass is 9.95. The van der Waals surface area contributed by atoms with E-state index in [1.165, 1.54) is 7.11 Å². The molecule has 0 amide bonds. The number of hydrogen-bond donors (Lipinski definition) is 0. The van der Waals surface area contributed by atoms with E-state index >= 15 is 0 Å². The monoisotopic (exact) mass is 201 g/mol. The molecule has 0 atom stereocenters. The van der Waals surface area contributed by atoms with Crippen molar-refractivity contribution in [2.75, 3.05) is 7.11 Å². The standard InChI is InChI=1S/C12H11NO2/c1-15-10-5-3-2-4-9(10)11(14)12(8-13)6-7-12/h2-5H,6-7H2,1H3. The molecule has 1 fully saturated rings. The lowest BCUT2D eigenvalue weighted by molar-refractivity contribution is 0.0931. The predicted octanol–water partition coefficient (Wildman–Crippen LogP) is 2.18. The van der Waals surface area contributed by atoms with Gasteiger partial charge in [-0.25, -0.2) is 0 Å². The fraction of sp³-hybridized carbons (Fsp3) is 0.333. The van der Waals surface area contributed by atoms with Crippen LogP contribution >= 0.6 is 0 Å². The minimum absolute atomic E-state index is 0.109. The number of nitrogens with zero attached hydrogens (tertiary/aromatic N) is 1. The SMILES string of the molecule is COc1ccccc1C(=O)C1(C#N)CC1. The highest BCUT2D eigenvalue weighted by Crippen LogP contribution is 2.48. The van der Waals surface area contributed by atoms with Crippen LogP contribution in [0.4, 0.5) is 0 Å². The number of methoxy groups -OCH3 is 1. The van der Waals surface area contributed by atoms with Crippen LogP contribution in [0.2, 0.25) is 0 Å². The number of carbonyl (C=O) groups excluding carboxylic acids is 1. The maximum Gasteiger partial charge on any atom is 0.186 e. The van der Waals surface area contributed by atoms with Crippen molar-refractivity contribution in [2.45, 2.75) is 12.8 Å². The summed E-state index contributed by atoms with van der Waals surface area (Å²) in [5.41, 5.74) is -0.256. The van der Waals surface area contributed by atoms with E-state index in [-0.39, 0.29) is 5.78 Å². The first-order valence-electron chi connectivity index (χ1n) is 4.82. The van der Waals surface area contributed by atoms with E-state index in [1.807, 2.05) is 6.07 Å². The minimum Gasteiger partial charge on any atom is -0.496 e. The maximum atomic E-state index is 12.0. The van der Waals surface area contributed by atoms with Crippen molar-refractivity contribution in [3.8, 4) is 11.8 Å². The van der Waals surface area contributed by atoms with Crippen LogP contribution in [0.5, 0.6) is 5.75 Å². The molecule has 0 aromatic heterocycles. The summed E-state index contributed by atoms with van der Waals surface area (Å²) in [6.07, 6.45) is 1.33. The highest BCUT2D eigenvalue weighted by molar-refractivity contribution is 6.06. The second-order valence-electron chi connectivity index (χ2n) is 3.72. The fourth-order valence-electron chi connectivity index (χ4n) is 1.60. The number of rotatable bonds is 3. The third-order valence-electron chi connectivity index (χ3n) is 2.75. The van der Waals surface area contributed by atoms with Gasteiger partial charge in [-0.2, -0.15) is 5.26 Å². The summed E-state index contributed by atoms with van der Waals surface area (Å²) in [5, 5.41) is 8.94. The third-order valence-corrected chi connectivity index (χ3v) is 2.75. The van der Waals surface area contributed by atoms with E-state index < -0.39 is 5.41 Å². The molecule has 1 aliphatic rings. The Labute approximate surface area is 88.3 Å². The van der Waals surface area contributed by atoms with Crippen molar-refractivity contribution >= 4 is 5.78 Å². The lowest BCUT2D eigenvalue weighted by Crippen LogP contribution is -2.14. The van der Waals surface area contributed by atoms with Gasteiger partial charge in [0.2, 0.25) is 0 Å². The number of ketones is 1. The van der Waals surface area contributed by atoms with E-state index in [1.54, 1.807) is 18.2 Å². The molecule has 0 N–H and O–H groups in total. The van der Waals surface area contributed by atoms with E-state index in [2.05, 4.69) is 6.07 Å². The van der Waals surface area contributed by atoms with Crippen molar-refractivity contribution in [1.82, 2.24) is 0 Å². The average molecular weight is 201 g/mol. The smallest absolute Gasteiger partial charge is 0.186 e. The second-order valence-corrected chi connectivity index (χ2v) is 3.72. The zero-order valence-electron chi connectivity index (χ0n) is 8.49. The summed E-state index contributed by atoms with van der Waals surface area (Å²) in [7, 11) is 1.53. The van der Waals surface area contributed by atoms with Gasteiger partial charge < -0.3 is 4.74 Å². The van der Waals surface area contributed by atoms with Gasteiger partial charge in [0, 0.05) is 0 Å². The van der Waals surface area contributed by atoms with Gasteiger partial charge >= 0.3 is 0 Å². The molecule has 15 heavy (non-hydrogen) atoms. The normalized spacial score (nSPS) is 16.5. The van der Waals surface area contributed by atoms with Crippen molar-refractivity contribution < 1.29 is 9.53 Å². The molecule has 2 rings (SSSR count). The van der Waals surface area contributed by atoms with Gasteiger partial charge in [0.15, 0.2) is 5.78 Å². The number of carbonyl (C=O) groups is 1. The van der Waals surface area contributed by atoms with Crippen LogP contribution in [-0.4, -0.2) is 12.9 Å². The molecule has 0 unspecified atom stereocenters. The lowest BCUT2D eigenvalue weighted by Gasteiger charge is -2.09. The van der Waals surface area contributed by atoms with Crippen LogP contribution < -0.4 is 4.74 Å². The van der Waals surface area contributed by atoms with Gasteiger partial charge in [-0.3, -0.25) is 4.79 Å². The maximum absolute atomic E-state index is 12.0. The third kappa shape index (κ3) is 1.48. The van der Waals surface area contributed by atoms with Crippen LogP contribution in [0.3, 0.4) is 0 Å². The Hall–Kier alpha value is -1.82. The van der Waals surface area contributed by atoms with Crippen molar-refractivity contribution in [1.29, 1.82) is 5.26 Å². The van der Waals surface area contributed by atoms with Gasteiger partial charge in [0.1, 0.15) is 11.2 Å². The summed E-state index contributed by atoms with van der Waals surface area (Å²) in [6.45, 7) is 0. The predicted molar refractivity (Wildman–Crippen MR) is 54.6 cm³/mol. The van der Waals surface area contributed by atoms with Crippen LogP contribution in [-0.2, 0) is 0 Å². The molecule has 0 heterocycles. The van der Waals surface area contributed by atoms with Gasteiger partial charge in [0.25, 0.3) is 0 Å². The Morgan fingerprint density at radius 3 is 2.67 bits per heavy atom. The van der Waals surface area contributed by atoms with Gasteiger partial charge in [0.05, 0.1) is 18.7 Å². The molecule has 3 heteroatoms. The summed E-state index contributed by atoms with van der Waals surface area (Å²) in [5.74, 6) is 0.437. The Morgan fingerprint density at radius 2 is 2.13 bits per heavy atom. The summed E-state index contributed by atoms with van der Waals surface area (Å²) in [6, 6.07) is 9.13. The highest BCUT2D eigenvalue weighted by Gasteiger charge is 2.51. The van der Waals surface area contributed by atoms with Crippen LogP contribution in [0.25, 0.3) is 0 Å². The van der Waals surface area contributed by atoms with E-state index in [9.17, 15) is 4.79 Å². The zero-order chi connectivity index (χ0) is 10.9. The highest BCUT2D eigenvalue weighted by atomic mass is 16.5. The first-order valence-corrected chi connectivity index (χ1v) is 4.82. The van der Waals surface area contributed by atoms with Crippen LogP contribution in [0.15, 0.2) is 24.3 Å². The molecule has 0 aliphatic heterocycles. The summed E-state index contributed by atoms with van der Waals surface area (Å²) in [4.78, 5) is 12.0. The Balaban J connectivity index is 2.39. The molecule has 1 aromatic rings. The summed E-state index contributed by atoms with van der Waals surface area (Å²) >= 11 is 0. The van der Waals surface area contributed by atoms with Crippen molar-refractivity contribution in [3.05, 3.63) is 29.8 Å². The molecular formula is C12H11NO2. The minimum atomic E-state index is -0.769. The number of nitriles is 1. The summed E-state index contributed by atoms with van der Waals surface area (Å²) < 4.78 is 5.10. The largest absolute Gasteiger partial charge is 0.496 e. The number of para-hydroxylation sites is 1. The molecule has 0 radical (unpaired) electrons.